The summed E-state index contributed by atoms with van der Waals surface area (Å²) >= 11 is 19.2. The van der Waals surface area contributed by atoms with E-state index in [2.05, 4.69) is 82.7 Å². The van der Waals surface area contributed by atoms with Crippen LogP contribution in [-0.4, -0.2) is 19.9 Å². The summed E-state index contributed by atoms with van der Waals surface area (Å²) in [5, 5.41) is -0.850. The number of H-pyrrole nitrogens is 2. The molecule has 19 heteroatoms. The molecular formula is C12H7Cl2F6I4N4O2V-. The summed E-state index contributed by atoms with van der Waals surface area (Å²) in [4.78, 5) is 33.2. The molecule has 2 heterocycles. The zero-order valence-electron chi connectivity index (χ0n) is 14.1. The van der Waals surface area contributed by atoms with Crippen molar-refractivity contribution in [1.82, 2.24) is 19.9 Å². The number of halogens is 12. The Morgan fingerprint density at radius 1 is 0.903 bits per heavy atom. The minimum absolute atomic E-state index is 0. The fourth-order valence-electron chi connectivity index (χ4n) is 1.16. The summed E-state index contributed by atoms with van der Waals surface area (Å²) in [7, 11) is 0. The molecule has 0 atom stereocenters. The van der Waals surface area contributed by atoms with E-state index in [1.54, 1.807) is 4.98 Å². The van der Waals surface area contributed by atoms with Crippen LogP contribution in [0.3, 0.4) is 0 Å². The summed E-state index contributed by atoms with van der Waals surface area (Å²) in [6.45, 7) is 0. The topological polar surface area (TPSA) is 91.5 Å². The first-order chi connectivity index (χ1) is 13.5. The molecule has 31 heavy (non-hydrogen) atoms. The normalized spacial score (nSPS) is 10.4. The van der Waals surface area contributed by atoms with Gasteiger partial charge in [0.1, 0.15) is 10.8 Å². The Hall–Kier alpha value is 1.42. The van der Waals surface area contributed by atoms with Crippen LogP contribution >= 0.6 is 114 Å². The van der Waals surface area contributed by atoms with Gasteiger partial charge < -0.3 is 27.6 Å². The zero-order chi connectivity index (χ0) is 24.3. The van der Waals surface area contributed by atoms with Gasteiger partial charge in [-0.3, -0.25) is 14.7 Å². The third-order valence-electron chi connectivity index (χ3n) is 2.02. The number of alkyl halides is 9. The van der Waals surface area contributed by atoms with E-state index in [0.717, 1.165) is -0.0619 Å². The standard InChI is InChI=1S/C5HCl2F3N2.C5H3F3N2O2.CHI3.CH2I.V/c6-3-1-2(5(8,9)10)11-4(7)12-3;6-5(7,8)2-1-3(11)10-4(12)9-2;2-1(3)4;1-2;/h1H;1H,(H2,9,10,11,12);1H;1H2;/q;;;-1;. The summed E-state index contributed by atoms with van der Waals surface area (Å²) < 4.78 is 72.0. The smallest absolute Gasteiger partial charge is 0.319 e. The van der Waals surface area contributed by atoms with Gasteiger partial charge in [-0.1, -0.05) is 79.4 Å². The van der Waals surface area contributed by atoms with E-state index in [-0.39, 0.29) is 29.8 Å². The largest absolute Gasteiger partial charge is 0.433 e. The van der Waals surface area contributed by atoms with Crippen LogP contribution in [0.2, 0.25) is 10.4 Å². The number of nitrogens with one attached hydrogen (secondary N) is 2. The Balaban J connectivity index is -0.000000394. The van der Waals surface area contributed by atoms with E-state index >= 15 is 0 Å². The van der Waals surface area contributed by atoms with Crippen LogP contribution in [0, 0.1) is 4.93 Å². The Morgan fingerprint density at radius 3 is 1.68 bits per heavy atom. The molecule has 2 aromatic rings. The van der Waals surface area contributed by atoms with Crippen molar-refractivity contribution in [3.05, 3.63) is 59.7 Å². The maximum Gasteiger partial charge on any atom is 0.433 e. The van der Waals surface area contributed by atoms with Gasteiger partial charge >= 0.3 is 18.0 Å². The van der Waals surface area contributed by atoms with Gasteiger partial charge in [0, 0.05) is 30.7 Å². The minimum atomic E-state index is -4.70. The van der Waals surface area contributed by atoms with Gasteiger partial charge in [0.25, 0.3) is 5.56 Å². The predicted octanol–water partition coefficient (Wildman–Crippen LogP) is 6.67. The third-order valence-corrected chi connectivity index (χ3v) is 2.39. The van der Waals surface area contributed by atoms with Gasteiger partial charge in [-0.2, -0.15) is 26.3 Å². The maximum absolute atomic E-state index is 11.9. The van der Waals surface area contributed by atoms with Gasteiger partial charge in [0.05, 0.1) is 0 Å². The average molecular weight is 983 g/mol. The van der Waals surface area contributed by atoms with Crippen LogP contribution in [0.1, 0.15) is 11.4 Å². The monoisotopic (exact) mass is 982 g/mol. The van der Waals surface area contributed by atoms with Gasteiger partial charge in [-0.25, -0.2) is 14.8 Å². The van der Waals surface area contributed by atoms with Crippen LogP contribution in [-0.2, 0) is 30.9 Å². The predicted molar refractivity (Wildman–Crippen MR) is 135 cm³/mol. The molecule has 2 N–H and O–H groups in total. The van der Waals surface area contributed by atoms with Crippen LogP contribution in [0.25, 0.3) is 0 Å². The number of nitrogens with zero attached hydrogens (tertiary/aromatic N) is 2. The molecule has 177 valence electrons. The quantitative estimate of drug-likeness (QED) is 0.0772. The van der Waals surface area contributed by atoms with Crippen LogP contribution < -0.4 is 11.2 Å². The summed E-state index contributed by atoms with van der Waals surface area (Å²) in [5.41, 5.74) is -4.75. The molecule has 1 radical (unpaired) electrons. The molecule has 0 saturated heterocycles. The maximum atomic E-state index is 11.9. The fourth-order valence-corrected chi connectivity index (χ4v) is 1.57. The molecule has 0 fully saturated rings. The van der Waals surface area contributed by atoms with Crippen molar-refractivity contribution < 1.29 is 44.9 Å². The van der Waals surface area contributed by atoms with Gasteiger partial charge in [0.2, 0.25) is 5.28 Å². The third kappa shape index (κ3) is 19.4. The Labute approximate surface area is 247 Å². The molecule has 6 nitrogen and oxygen atoms in total. The van der Waals surface area contributed by atoms with Gasteiger partial charge in [0.15, 0.2) is 5.69 Å². The number of hydrogen-bond donors (Lipinski definition) is 2. The first-order valence-corrected chi connectivity index (χ1v) is 12.4. The molecule has 0 aromatic carbocycles. The second kappa shape index (κ2) is 17.8. The van der Waals surface area contributed by atoms with Crippen molar-refractivity contribution in [2.45, 2.75) is 12.3 Å². The molecule has 2 aromatic heterocycles. The Morgan fingerprint density at radius 2 is 1.35 bits per heavy atom. The van der Waals surface area contributed by atoms with E-state index in [0.29, 0.717) is 6.07 Å². The number of aromatic amines is 2. The molecule has 0 aliphatic heterocycles. The van der Waals surface area contributed by atoms with E-state index in [4.69, 9.17) is 23.2 Å². The van der Waals surface area contributed by atoms with Crippen molar-refractivity contribution >= 4 is 114 Å². The summed E-state index contributed by atoms with van der Waals surface area (Å²) in [5.74, 6) is 0. The molecule has 0 amide bonds. The van der Waals surface area contributed by atoms with Crippen molar-refractivity contribution in [3.8, 4) is 0 Å². The molecule has 0 aliphatic rings. The summed E-state index contributed by atoms with van der Waals surface area (Å²) in [6.07, 6.45) is -9.25. The van der Waals surface area contributed by atoms with E-state index in [1.807, 2.05) is 22.6 Å². The SMILES string of the molecule is FC(F)(F)c1cc(Cl)nc(Cl)n1.IC(I)I.O=c1cc(C(F)(F)F)[nH]c(=O)[nH]1.[CH2-]I.[V]. The molecule has 0 saturated carbocycles. The number of hydrogen-bond acceptors (Lipinski definition) is 4. The van der Waals surface area contributed by atoms with Crippen molar-refractivity contribution in [1.29, 1.82) is 0 Å². The number of rotatable bonds is 0. The Bertz CT molecular complexity index is 848. The molecule has 0 aliphatic carbocycles. The van der Waals surface area contributed by atoms with E-state index < -0.39 is 40.3 Å². The van der Waals surface area contributed by atoms with Crippen molar-refractivity contribution in [3.63, 3.8) is 0 Å². The van der Waals surface area contributed by atoms with Gasteiger partial charge in [-0.05, 0) is 11.6 Å². The molecular weight excluding hydrogens is 976 g/mol. The van der Waals surface area contributed by atoms with E-state index in [9.17, 15) is 35.9 Å². The average Bonchev–Trinajstić information content (AvgIpc) is 2.53. The molecule has 0 unspecified atom stereocenters. The fraction of sp³-hybridized carbons (Fsp3) is 0.250. The van der Waals surface area contributed by atoms with Crippen molar-refractivity contribution in [2.75, 3.05) is 0 Å². The van der Waals surface area contributed by atoms with Crippen molar-refractivity contribution in [2.24, 2.45) is 0 Å². The molecule has 0 bridgehead atoms. The van der Waals surface area contributed by atoms with Crippen LogP contribution in [0.15, 0.2) is 21.7 Å². The number of aromatic nitrogens is 4. The van der Waals surface area contributed by atoms with Crippen LogP contribution in [0.5, 0.6) is 0 Å². The zero-order valence-corrected chi connectivity index (χ0v) is 25.7. The Kier molecular flexibility index (Phi) is 21.2. The van der Waals surface area contributed by atoms with E-state index in [1.165, 1.54) is 4.98 Å². The second-order valence-electron chi connectivity index (χ2n) is 4.09. The minimum Gasteiger partial charge on any atom is -0.319 e. The summed E-state index contributed by atoms with van der Waals surface area (Å²) in [6, 6.07) is 0.884. The molecule has 0 spiro atoms. The first-order valence-electron chi connectivity index (χ1n) is 6.39. The first kappa shape index (κ1) is 37.0. The second-order valence-corrected chi connectivity index (χ2v) is 15.7. The molecule has 2 rings (SSSR count). The van der Waals surface area contributed by atoms with Gasteiger partial charge in [-0.15, -0.1) is 0 Å². The van der Waals surface area contributed by atoms with Crippen LogP contribution in [0.4, 0.5) is 26.3 Å².